The van der Waals surface area contributed by atoms with Crippen LogP contribution in [0.4, 0.5) is 0 Å². The molecule has 3 rings (SSSR count). The van der Waals surface area contributed by atoms with E-state index < -0.39 is 5.91 Å². The van der Waals surface area contributed by atoms with E-state index in [4.69, 9.17) is 5.73 Å². The quantitative estimate of drug-likeness (QED) is 0.901. The van der Waals surface area contributed by atoms with E-state index in [1.54, 1.807) is 12.3 Å². The van der Waals surface area contributed by atoms with Gasteiger partial charge in [0, 0.05) is 36.6 Å². The number of amides is 1. The lowest BCUT2D eigenvalue weighted by Crippen LogP contribution is -2.36. The van der Waals surface area contributed by atoms with Crippen LogP contribution < -0.4 is 5.73 Å². The second-order valence-electron chi connectivity index (χ2n) is 5.87. The van der Waals surface area contributed by atoms with Gasteiger partial charge in [-0.05, 0) is 44.0 Å². The van der Waals surface area contributed by atoms with Crippen molar-refractivity contribution in [2.45, 2.75) is 31.7 Å². The maximum absolute atomic E-state index is 11.2. The van der Waals surface area contributed by atoms with E-state index in [2.05, 4.69) is 33.1 Å². The molecule has 2 aromatic heterocycles. The average Bonchev–Trinajstić information content (AvgIpc) is 3.05. The summed E-state index contributed by atoms with van der Waals surface area (Å²) in [6.45, 7) is 4.22. The Balaban J connectivity index is 1.72. The van der Waals surface area contributed by atoms with Gasteiger partial charge in [-0.2, -0.15) is 5.10 Å². The van der Waals surface area contributed by atoms with Gasteiger partial charge in [-0.3, -0.25) is 19.8 Å². The van der Waals surface area contributed by atoms with Crippen molar-refractivity contribution in [3.05, 3.63) is 47.5 Å². The first kappa shape index (κ1) is 14.7. The summed E-state index contributed by atoms with van der Waals surface area (Å²) in [4.78, 5) is 17.8. The van der Waals surface area contributed by atoms with Crippen molar-refractivity contribution < 1.29 is 4.79 Å². The fraction of sp³-hybridized carbons (Fsp3) is 0.438. The van der Waals surface area contributed by atoms with E-state index >= 15 is 0 Å². The van der Waals surface area contributed by atoms with Crippen LogP contribution in [0.3, 0.4) is 0 Å². The van der Waals surface area contributed by atoms with Crippen molar-refractivity contribution >= 4 is 5.91 Å². The molecule has 0 aliphatic carbocycles. The first-order valence-electron chi connectivity index (χ1n) is 7.64. The number of carbonyl (C=O) groups excluding carboxylic acids is 1. The van der Waals surface area contributed by atoms with Gasteiger partial charge in [0.1, 0.15) is 5.69 Å². The summed E-state index contributed by atoms with van der Waals surface area (Å²) in [5.74, 6) is -0.132. The standard InChI is InChI=1S/C16H21N5O/c1-11(12-4-2-6-18-9-12)21-7-3-5-13(10-21)14-8-15(16(17)22)20-19-14/h2,4,6,8-9,11,13H,3,5,7,10H2,1H3,(H2,17,22)(H,19,20)/t11-,13-/m1/s1. The Labute approximate surface area is 129 Å². The number of nitrogens with zero attached hydrogens (tertiary/aromatic N) is 3. The van der Waals surface area contributed by atoms with Crippen molar-refractivity contribution in [2.24, 2.45) is 5.73 Å². The lowest BCUT2D eigenvalue weighted by atomic mass is 9.93. The summed E-state index contributed by atoms with van der Waals surface area (Å²) in [6.07, 6.45) is 5.94. The number of likely N-dealkylation sites (tertiary alicyclic amines) is 1. The molecule has 3 N–H and O–H groups in total. The highest BCUT2D eigenvalue weighted by Gasteiger charge is 2.26. The molecule has 22 heavy (non-hydrogen) atoms. The van der Waals surface area contributed by atoms with Gasteiger partial charge < -0.3 is 5.73 Å². The zero-order valence-electron chi connectivity index (χ0n) is 12.7. The monoisotopic (exact) mass is 299 g/mol. The van der Waals surface area contributed by atoms with Crippen molar-refractivity contribution in [1.82, 2.24) is 20.1 Å². The maximum atomic E-state index is 11.2. The van der Waals surface area contributed by atoms with Gasteiger partial charge in [0.15, 0.2) is 0 Å². The SMILES string of the molecule is C[C@H](c1cccnc1)N1CCC[C@@H](c2cc(C(N)=O)n[nH]2)C1. The third-order valence-electron chi connectivity index (χ3n) is 4.46. The van der Waals surface area contributed by atoms with Gasteiger partial charge in [0.2, 0.25) is 0 Å². The molecule has 0 spiro atoms. The molecule has 1 amide bonds. The van der Waals surface area contributed by atoms with Gasteiger partial charge in [-0.1, -0.05) is 6.07 Å². The molecule has 6 nitrogen and oxygen atoms in total. The number of aromatic amines is 1. The highest BCUT2D eigenvalue weighted by molar-refractivity contribution is 5.90. The number of aromatic nitrogens is 3. The molecule has 1 aliphatic heterocycles. The molecule has 0 bridgehead atoms. The Bertz CT molecular complexity index is 639. The molecule has 3 heterocycles. The number of carbonyl (C=O) groups is 1. The van der Waals surface area contributed by atoms with Gasteiger partial charge in [0.05, 0.1) is 0 Å². The fourth-order valence-corrected chi connectivity index (χ4v) is 3.12. The topological polar surface area (TPSA) is 87.9 Å². The highest BCUT2D eigenvalue weighted by Crippen LogP contribution is 2.31. The van der Waals surface area contributed by atoms with Crippen molar-refractivity contribution in [3.8, 4) is 0 Å². The Morgan fingerprint density at radius 1 is 1.55 bits per heavy atom. The second-order valence-corrected chi connectivity index (χ2v) is 5.87. The molecule has 6 heteroatoms. The number of nitrogens with one attached hydrogen (secondary N) is 1. The van der Waals surface area contributed by atoms with Crippen molar-refractivity contribution in [1.29, 1.82) is 0 Å². The minimum absolute atomic E-state index is 0.312. The van der Waals surface area contributed by atoms with Crippen LogP contribution >= 0.6 is 0 Å². The summed E-state index contributed by atoms with van der Waals surface area (Å²) in [5, 5.41) is 6.96. The molecule has 0 aromatic carbocycles. The lowest BCUT2D eigenvalue weighted by Gasteiger charge is -2.36. The van der Waals surface area contributed by atoms with Crippen LogP contribution in [-0.4, -0.2) is 39.1 Å². The number of rotatable bonds is 4. The Kier molecular flexibility index (Phi) is 4.20. The zero-order chi connectivity index (χ0) is 15.5. The summed E-state index contributed by atoms with van der Waals surface area (Å²) in [5.41, 5.74) is 7.81. The summed E-state index contributed by atoms with van der Waals surface area (Å²) >= 11 is 0. The molecule has 0 radical (unpaired) electrons. The van der Waals surface area contributed by atoms with Crippen LogP contribution in [0.15, 0.2) is 30.6 Å². The van der Waals surface area contributed by atoms with Crippen molar-refractivity contribution in [2.75, 3.05) is 13.1 Å². The Hall–Kier alpha value is -2.21. The number of nitrogens with two attached hydrogens (primary N) is 1. The number of piperidine rings is 1. The van der Waals surface area contributed by atoms with E-state index in [0.29, 0.717) is 17.7 Å². The number of hydrogen-bond acceptors (Lipinski definition) is 4. The van der Waals surface area contributed by atoms with E-state index in [9.17, 15) is 4.79 Å². The van der Waals surface area contributed by atoms with Gasteiger partial charge in [-0.15, -0.1) is 0 Å². The van der Waals surface area contributed by atoms with Gasteiger partial charge in [0.25, 0.3) is 5.91 Å². The van der Waals surface area contributed by atoms with Crippen molar-refractivity contribution in [3.63, 3.8) is 0 Å². The smallest absolute Gasteiger partial charge is 0.269 e. The normalized spacial score (nSPS) is 20.7. The van der Waals surface area contributed by atoms with Gasteiger partial charge in [-0.25, -0.2) is 0 Å². The van der Waals surface area contributed by atoms with Crippen LogP contribution in [0, 0.1) is 0 Å². The minimum Gasteiger partial charge on any atom is -0.364 e. The van der Waals surface area contributed by atoms with Crippen LogP contribution in [0.25, 0.3) is 0 Å². The Morgan fingerprint density at radius 2 is 2.41 bits per heavy atom. The molecule has 1 aliphatic rings. The average molecular weight is 299 g/mol. The molecule has 1 saturated heterocycles. The molecule has 0 saturated carbocycles. The second kappa shape index (κ2) is 6.27. The van der Waals surface area contributed by atoms with Crippen LogP contribution in [0.5, 0.6) is 0 Å². The van der Waals surface area contributed by atoms with Gasteiger partial charge >= 0.3 is 0 Å². The predicted octanol–water partition coefficient (Wildman–Crippen LogP) is 1.84. The summed E-state index contributed by atoms with van der Waals surface area (Å²) in [6, 6.07) is 6.20. The zero-order valence-corrected chi connectivity index (χ0v) is 12.7. The summed E-state index contributed by atoms with van der Waals surface area (Å²) in [7, 11) is 0. The largest absolute Gasteiger partial charge is 0.364 e. The number of H-pyrrole nitrogens is 1. The highest BCUT2D eigenvalue weighted by atomic mass is 16.1. The predicted molar refractivity (Wildman–Crippen MR) is 83.3 cm³/mol. The van der Waals surface area contributed by atoms with E-state index in [1.807, 2.05) is 12.3 Å². The number of primary amides is 1. The maximum Gasteiger partial charge on any atom is 0.269 e. The molecule has 116 valence electrons. The molecule has 1 fully saturated rings. The number of pyridine rings is 1. The summed E-state index contributed by atoms with van der Waals surface area (Å²) < 4.78 is 0. The third-order valence-corrected chi connectivity index (χ3v) is 4.46. The third kappa shape index (κ3) is 3.01. The number of hydrogen-bond donors (Lipinski definition) is 2. The van der Waals surface area contributed by atoms with Crippen LogP contribution in [-0.2, 0) is 0 Å². The molecule has 0 unspecified atom stereocenters. The Morgan fingerprint density at radius 3 is 3.09 bits per heavy atom. The van der Waals surface area contributed by atoms with E-state index in [-0.39, 0.29) is 0 Å². The van der Waals surface area contributed by atoms with E-state index in [0.717, 1.165) is 31.6 Å². The lowest BCUT2D eigenvalue weighted by molar-refractivity contribution is 0.0995. The molecule has 2 aromatic rings. The molecular weight excluding hydrogens is 278 g/mol. The fourth-order valence-electron chi connectivity index (χ4n) is 3.12. The van der Waals surface area contributed by atoms with Crippen LogP contribution in [0.1, 0.15) is 53.5 Å². The first-order chi connectivity index (χ1) is 10.6. The molecule has 2 atom stereocenters. The molecular formula is C16H21N5O. The first-order valence-corrected chi connectivity index (χ1v) is 7.64. The minimum atomic E-state index is -0.487. The van der Waals surface area contributed by atoms with E-state index in [1.165, 1.54) is 5.56 Å². The van der Waals surface area contributed by atoms with Crippen LogP contribution in [0.2, 0.25) is 0 Å².